The summed E-state index contributed by atoms with van der Waals surface area (Å²) in [7, 11) is 4.70. The highest BCUT2D eigenvalue weighted by Gasteiger charge is 2.38. The van der Waals surface area contributed by atoms with Crippen LogP contribution in [0.25, 0.3) is 0 Å². The van der Waals surface area contributed by atoms with E-state index in [1.807, 2.05) is 0 Å². The van der Waals surface area contributed by atoms with E-state index in [1.165, 1.54) is 7.05 Å². The second-order valence-corrected chi connectivity index (χ2v) is 5.72. The molecule has 4 nitrogen and oxygen atoms in total. The van der Waals surface area contributed by atoms with Gasteiger partial charge in [0.1, 0.15) is 13.6 Å². The van der Waals surface area contributed by atoms with Crippen molar-refractivity contribution in [2.24, 2.45) is 0 Å². The number of unbranched alkanes of at least 4 members (excludes halogenated alkanes) is 4. The Hall–Kier alpha value is 0.0300. The van der Waals surface area contributed by atoms with Crippen LogP contribution in [0, 0.1) is 0 Å². The molecule has 0 rings (SSSR count). The second kappa shape index (κ2) is 7.33. The predicted molar refractivity (Wildman–Crippen MR) is 59.2 cm³/mol. The molecular formula is C9H18ClNO3S. The summed E-state index contributed by atoms with van der Waals surface area (Å²) >= 11 is 0. The molecule has 0 saturated heterocycles. The van der Waals surface area contributed by atoms with E-state index in [0.29, 0.717) is 6.42 Å². The Morgan fingerprint density at radius 1 is 1.33 bits per heavy atom. The smallest absolute Gasteiger partial charge is 0.305 e. The van der Waals surface area contributed by atoms with E-state index in [0.717, 1.165) is 25.7 Å². The van der Waals surface area contributed by atoms with Gasteiger partial charge >= 0.3 is 6.09 Å². The first-order chi connectivity index (χ1) is 6.95. The van der Waals surface area contributed by atoms with Gasteiger partial charge in [-0.15, -0.1) is 0 Å². The molecule has 1 amide bonds. The summed E-state index contributed by atoms with van der Waals surface area (Å²) in [4.78, 5) is 10.8. The van der Waals surface area contributed by atoms with Crippen LogP contribution in [0.4, 0.5) is 4.79 Å². The van der Waals surface area contributed by atoms with Gasteiger partial charge in [-0.1, -0.05) is 30.1 Å². The maximum absolute atomic E-state index is 11.1. The zero-order valence-corrected chi connectivity index (χ0v) is 10.8. The lowest BCUT2D eigenvalue weighted by molar-refractivity contribution is -0.735. The zero-order valence-electron chi connectivity index (χ0n) is 9.20. The first-order valence-electron chi connectivity index (χ1n) is 5.11. The van der Waals surface area contributed by atoms with Crippen LogP contribution >= 0.6 is 10.7 Å². The Morgan fingerprint density at radius 3 is 2.27 bits per heavy atom. The number of quaternary nitrogens is 1. The number of rotatable bonds is 7. The number of hydrogen-bond acceptors (Lipinski definition) is 3. The Morgan fingerprint density at radius 2 is 1.87 bits per heavy atom. The van der Waals surface area contributed by atoms with Crippen molar-refractivity contribution in [3.8, 4) is 0 Å². The van der Waals surface area contributed by atoms with Crippen LogP contribution < -0.4 is 5.11 Å². The Labute approximate surface area is 98.6 Å². The molecule has 0 aliphatic carbocycles. The molecule has 0 bridgehead atoms. The van der Waals surface area contributed by atoms with E-state index in [9.17, 15) is 14.5 Å². The molecule has 0 spiro atoms. The van der Waals surface area contributed by atoms with Crippen LogP contribution in [0.15, 0.2) is 0 Å². The Bertz CT molecular complexity index is 204. The molecule has 0 aromatic heterocycles. The van der Waals surface area contributed by atoms with Gasteiger partial charge in [0.05, 0.1) is 0 Å². The molecule has 2 atom stereocenters. The monoisotopic (exact) mass is 255 g/mol. The standard InChI is InChI=1S/C9H18ClNO3S/c1-3-4-5-6-7-8-11(2,9(12)13)15(10)14/h3-8H2,1-2H3. The highest BCUT2D eigenvalue weighted by atomic mass is 35.7. The van der Waals surface area contributed by atoms with Crippen LogP contribution in [0.5, 0.6) is 0 Å². The third kappa shape index (κ3) is 5.06. The highest BCUT2D eigenvalue weighted by Crippen LogP contribution is 2.18. The topological polar surface area (TPSA) is 63.2 Å². The average Bonchev–Trinajstić information content (AvgIpc) is 2.16. The number of nitrogens with zero attached hydrogens (tertiary/aromatic N) is 1. The summed E-state index contributed by atoms with van der Waals surface area (Å²) in [5, 5.41) is 10.8. The first kappa shape index (κ1) is 15.0. The molecule has 0 aromatic rings. The summed E-state index contributed by atoms with van der Waals surface area (Å²) in [6, 6.07) is 0. The molecule has 15 heavy (non-hydrogen) atoms. The maximum atomic E-state index is 11.1. The number of carbonyl (C=O) groups excluding carboxylic acids is 1. The van der Waals surface area contributed by atoms with Crippen molar-refractivity contribution in [3.05, 3.63) is 0 Å². The summed E-state index contributed by atoms with van der Waals surface area (Å²) in [5.41, 5.74) is 0. The fraction of sp³-hybridized carbons (Fsp3) is 0.889. The van der Waals surface area contributed by atoms with Gasteiger partial charge in [0.2, 0.25) is 10.7 Å². The number of amides is 1. The lowest BCUT2D eigenvalue weighted by Gasteiger charge is -2.27. The van der Waals surface area contributed by atoms with Gasteiger partial charge in [-0.25, -0.2) is 0 Å². The molecule has 0 saturated carbocycles. The van der Waals surface area contributed by atoms with E-state index >= 15 is 0 Å². The van der Waals surface area contributed by atoms with E-state index < -0.39 is 20.6 Å². The third-order valence-electron chi connectivity index (χ3n) is 2.39. The van der Waals surface area contributed by atoms with Crippen molar-refractivity contribution in [2.75, 3.05) is 13.6 Å². The number of hydrogen-bond donors (Lipinski definition) is 0. The fourth-order valence-corrected chi connectivity index (χ4v) is 2.00. The van der Waals surface area contributed by atoms with Gasteiger partial charge < -0.3 is 14.5 Å². The van der Waals surface area contributed by atoms with Crippen LogP contribution in [-0.4, -0.2) is 28.1 Å². The summed E-state index contributed by atoms with van der Waals surface area (Å²) in [6.45, 7) is 2.36. The van der Waals surface area contributed by atoms with Crippen molar-refractivity contribution in [1.82, 2.24) is 0 Å². The van der Waals surface area contributed by atoms with Gasteiger partial charge in [-0.05, 0) is 6.42 Å². The molecule has 0 fully saturated rings. The zero-order chi connectivity index (χ0) is 11.9. The minimum atomic E-state index is -1.96. The first-order valence-corrected chi connectivity index (χ1v) is 7.04. The minimum absolute atomic E-state index is 0.252. The molecule has 90 valence electrons. The highest BCUT2D eigenvalue weighted by molar-refractivity contribution is 8.09. The summed E-state index contributed by atoms with van der Waals surface area (Å²) in [6.07, 6.45) is 3.58. The van der Waals surface area contributed by atoms with Gasteiger partial charge in [-0.2, -0.15) is 0 Å². The molecule has 0 radical (unpaired) electrons. The van der Waals surface area contributed by atoms with Gasteiger partial charge in [0.25, 0.3) is 10.6 Å². The predicted octanol–water partition coefficient (Wildman–Crippen LogP) is 1.56. The van der Waals surface area contributed by atoms with Crippen molar-refractivity contribution in [2.45, 2.75) is 39.0 Å². The lowest BCUT2D eigenvalue weighted by atomic mass is 10.1. The number of halogens is 1. The van der Waals surface area contributed by atoms with Crippen molar-refractivity contribution in [1.29, 1.82) is 0 Å². The third-order valence-corrected chi connectivity index (χ3v) is 4.27. The molecule has 0 N–H and O–H groups in total. The molecule has 0 aliphatic heterocycles. The lowest BCUT2D eigenvalue weighted by Crippen LogP contribution is -2.57. The van der Waals surface area contributed by atoms with Crippen LogP contribution in [0.1, 0.15) is 39.0 Å². The van der Waals surface area contributed by atoms with Gasteiger partial charge in [-0.3, -0.25) is 0 Å². The molecular weight excluding hydrogens is 238 g/mol. The summed E-state index contributed by atoms with van der Waals surface area (Å²) in [5.74, 6) is 0. The molecule has 6 heteroatoms. The second-order valence-electron chi connectivity index (χ2n) is 3.71. The Kier molecular flexibility index (Phi) is 7.34. The van der Waals surface area contributed by atoms with E-state index in [2.05, 4.69) is 6.92 Å². The van der Waals surface area contributed by atoms with Gasteiger partial charge in [0, 0.05) is 6.42 Å². The van der Waals surface area contributed by atoms with Crippen LogP contribution in [0.3, 0.4) is 0 Å². The Balaban J connectivity index is 3.93. The van der Waals surface area contributed by atoms with Crippen molar-refractivity contribution >= 4 is 27.4 Å². The van der Waals surface area contributed by atoms with Crippen molar-refractivity contribution in [3.63, 3.8) is 0 Å². The molecule has 0 aliphatic rings. The molecule has 0 aromatic carbocycles. The largest absolute Gasteiger partial charge is 0.547 e. The SMILES string of the molecule is CCCCCCC[N+](C)(C(=O)[O-])[S+]([O-])Cl. The van der Waals surface area contributed by atoms with Crippen molar-refractivity contribution < 1.29 is 18.3 Å². The number of carbonyl (C=O) groups is 1. The fourth-order valence-electron chi connectivity index (χ4n) is 1.24. The number of carboxylic acid groups (broad SMARTS) is 1. The van der Waals surface area contributed by atoms with E-state index in [-0.39, 0.29) is 6.54 Å². The molecule has 2 unspecified atom stereocenters. The average molecular weight is 256 g/mol. The van der Waals surface area contributed by atoms with E-state index in [4.69, 9.17) is 10.7 Å². The molecule has 0 heterocycles. The van der Waals surface area contributed by atoms with Crippen LogP contribution in [-0.2, 0) is 10.6 Å². The van der Waals surface area contributed by atoms with Crippen LogP contribution in [0.2, 0.25) is 0 Å². The van der Waals surface area contributed by atoms with E-state index in [1.54, 1.807) is 0 Å². The quantitative estimate of drug-likeness (QED) is 0.394. The summed E-state index contributed by atoms with van der Waals surface area (Å²) < 4.78 is 10.3. The maximum Gasteiger partial charge on any atom is 0.305 e. The van der Waals surface area contributed by atoms with Gasteiger partial charge in [0.15, 0.2) is 0 Å². The minimum Gasteiger partial charge on any atom is -0.547 e. The normalized spacial score (nSPS) is 17.1.